The maximum Gasteiger partial charge on any atom is 0.340 e. The van der Waals surface area contributed by atoms with E-state index in [0.29, 0.717) is 5.39 Å². The van der Waals surface area contributed by atoms with Crippen LogP contribution in [0.2, 0.25) is 0 Å². The van der Waals surface area contributed by atoms with Gasteiger partial charge in [-0.15, -0.1) is 11.3 Å². The quantitative estimate of drug-likeness (QED) is 0.795. The first-order valence-corrected chi connectivity index (χ1v) is 5.69. The lowest BCUT2D eigenvalue weighted by molar-refractivity contribution is 0.0696. The number of halogens is 1. The third-order valence-electron chi connectivity index (χ3n) is 1.89. The number of phenols is 1. The Morgan fingerprint density at radius 2 is 2.14 bits per heavy atom. The van der Waals surface area contributed by atoms with E-state index in [1.54, 1.807) is 6.07 Å². The Hall–Kier alpha value is -0.820. The van der Waals surface area contributed by atoms with Crippen molar-refractivity contribution in [1.82, 2.24) is 0 Å². The lowest BCUT2D eigenvalue weighted by atomic mass is 10.1. The molecular formula is C9H5IO3S. The van der Waals surface area contributed by atoms with Gasteiger partial charge in [0.2, 0.25) is 0 Å². The molecule has 0 saturated carbocycles. The summed E-state index contributed by atoms with van der Waals surface area (Å²) in [4.78, 5) is 10.9. The summed E-state index contributed by atoms with van der Waals surface area (Å²) in [6.45, 7) is 0. The van der Waals surface area contributed by atoms with Gasteiger partial charge in [0.15, 0.2) is 0 Å². The molecule has 0 radical (unpaired) electrons. The van der Waals surface area contributed by atoms with Crippen LogP contribution in [0.4, 0.5) is 0 Å². The van der Waals surface area contributed by atoms with Gasteiger partial charge in [0.05, 0.1) is 0 Å². The average Bonchev–Trinajstić information content (AvgIpc) is 2.47. The summed E-state index contributed by atoms with van der Waals surface area (Å²) in [6.07, 6.45) is 0. The zero-order valence-electron chi connectivity index (χ0n) is 6.82. The number of rotatable bonds is 1. The second-order valence-electron chi connectivity index (χ2n) is 2.72. The van der Waals surface area contributed by atoms with Crippen molar-refractivity contribution >= 4 is 50.0 Å². The first kappa shape index (κ1) is 9.72. The van der Waals surface area contributed by atoms with Crippen molar-refractivity contribution in [3.05, 3.63) is 26.6 Å². The second-order valence-corrected chi connectivity index (χ2v) is 4.80. The molecule has 14 heavy (non-hydrogen) atoms. The van der Waals surface area contributed by atoms with Crippen molar-refractivity contribution in [3.63, 3.8) is 0 Å². The molecule has 1 aromatic heterocycles. The molecule has 1 heterocycles. The largest absolute Gasteiger partial charge is 0.507 e. The number of aromatic carboxylic acids is 1. The van der Waals surface area contributed by atoms with Crippen LogP contribution in [0, 0.1) is 3.57 Å². The molecule has 0 atom stereocenters. The fourth-order valence-electron chi connectivity index (χ4n) is 1.30. The van der Waals surface area contributed by atoms with E-state index in [9.17, 15) is 9.90 Å². The number of carboxylic acid groups (broad SMARTS) is 1. The number of carboxylic acids is 1. The molecule has 2 N–H and O–H groups in total. The van der Waals surface area contributed by atoms with E-state index in [0.717, 1.165) is 8.27 Å². The molecule has 0 fully saturated rings. The van der Waals surface area contributed by atoms with Crippen LogP contribution in [0.1, 0.15) is 10.4 Å². The highest BCUT2D eigenvalue weighted by molar-refractivity contribution is 14.1. The van der Waals surface area contributed by atoms with E-state index in [1.165, 1.54) is 17.4 Å². The minimum absolute atomic E-state index is 0.00634. The van der Waals surface area contributed by atoms with Crippen molar-refractivity contribution < 1.29 is 15.0 Å². The number of carbonyl (C=O) groups is 1. The first-order chi connectivity index (χ1) is 6.61. The van der Waals surface area contributed by atoms with Gasteiger partial charge in [0.1, 0.15) is 11.3 Å². The van der Waals surface area contributed by atoms with Crippen LogP contribution >= 0.6 is 33.9 Å². The van der Waals surface area contributed by atoms with Gasteiger partial charge in [-0.3, -0.25) is 0 Å². The maximum atomic E-state index is 10.9. The van der Waals surface area contributed by atoms with Gasteiger partial charge in [-0.1, -0.05) is 0 Å². The van der Waals surface area contributed by atoms with Crippen LogP contribution < -0.4 is 0 Å². The second kappa shape index (κ2) is 3.39. The molecule has 0 spiro atoms. The topological polar surface area (TPSA) is 57.5 Å². The van der Waals surface area contributed by atoms with Crippen molar-refractivity contribution in [2.24, 2.45) is 0 Å². The Labute approximate surface area is 97.1 Å². The van der Waals surface area contributed by atoms with Gasteiger partial charge in [0, 0.05) is 19.0 Å². The number of aromatic hydroxyl groups is 1. The lowest BCUT2D eigenvalue weighted by Crippen LogP contribution is -1.97. The summed E-state index contributed by atoms with van der Waals surface area (Å²) in [7, 11) is 0. The molecule has 5 heteroatoms. The Bertz CT molecular complexity index is 518. The highest BCUT2D eigenvalue weighted by Crippen LogP contribution is 2.34. The molecule has 1 aromatic carbocycles. The van der Waals surface area contributed by atoms with Crippen molar-refractivity contribution in [1.29, 1.82) is 0 Å². The number of fused-ring (bicyclic) bond motifs is 1. The van der Waals surface area contributed by atoms with E-state index >= 15 is 0 Å². The third-order valence-corrected chi connectivity index (χ3v) is 4.11. The third kappa shape index (κ3) is 1.36. The van der Waals surface area contributed by atoms with Crippen LogP contribution in [0.25, 0.3) is 10.1 Å². The fraction of sp³-hybridized carbons (Fsp3) is 0. The van der Waals surface area contributed by atoms with Crippen LogP contribution in [-0.2, 0) is 0 Å². The minimum Gasteiger partial charge on any atom is -0.507 e. The number of benzene rings is 1. The Kier molecular flexibility index (Phi) is 2.36. The fourth-order valence-corrected chi connectivity index (χ4v) is 3.25. The standard InChI is InChI=1S/C9H5IO3S/c10-4-3-14-6-2-1-5(11)8(7(4)6)9(12)13/h1-3,11H,(H,12,13). The van der Waals surface area contributed by atoms with Crippen LogP contribution in [0.5, 0.6) is 5.75 Å². The summed E-state index contributed by atoms with van der Waals surface area (Å²) in [5.41, 5.74) is -0.00634. The van der Waals surface area contributed by atoms with Crippen LogP contribution in [0.3, 0.4) is 0 Å². The summed E-state index contributed by atoms with van der Waals surface area (Å²) in [5, 5.41) is 20.9. The molecule has 0 unspecified atom stereocenters. The van der Waals surface area contributed by atoms with Gasteiger partial charge in [-0.25, -0.2) is 4.79 Å². The average molecular weight is 320 g/mol. The smallest absolute Gasteiger partial charge is 0.340 e. The summed E-state index contributed by atoms with van der Waals surface area (Å²) >= 11 is 3.54. The predicted octanol–water partition coefficient (Wildman–Crippen LogP) is 2.91. The number of thiophene rings is 1. The van der Waals surface area contributed by atoms with Gasteiger partial charge in [-0.2, -0.15) is 0 Å². The first-order valence-electron chi connectivity index (χ1n) is 3.73. The number of hydrogen-bond acceptors (Lipinski definition) is 3. The van der Waals surface area contributed by atoms with E-state index in [1.807, 2.05) is 5.38 Å². The Morgan fingerprint density at radius 1 is 1.43 bits per heavy atom. The van der Waals surface area contributed by atoms with E-state index in [2.05, 4.69) is 22.6 Å². The maximum absolute atomic E-state index is 10.9. The summed E-state index contributed by atoms with van der Waals surface area (Å²) in [5.74, 6) is -1.27. The minimum atomic E-state index is -1.09. The Morgan fingerprint density at radius 3 is 2.79 bits per heavy atom. The molecular weight excluding hydrogens is 315 g/mol. The lowest BCUT2D eigenvalue weighted by Gasteiger charge is -2.01. The molecule has 72 valence electrons. The van der Waals surface area contributed by atoms with E-state index in [4.69, 9.17) is 5.11 Å². The SMILES string of the molecule is O=C(O)c1c(O)ccc2scc(I)c12. The molecule has 2 rings (SSSR count). The Balaban J connectivity index is 2.94. The summed E-state index contributed by atoms with van der Waals surface area (Å²) < 4.78 is 1.74. The van der Waals surface area contributed by atoms with Gasteiger partial charge >= 0.3 is 5.97 Å². The van der Waals surface area contributed by atoms with Gasteiger partial charge < -0.3 is 10.2 Å². The van der Waals surface area contributed by atoms with Crippen molar-refractivity contribution in [2.45, 2.75) is 0 Å². The normalized spacial score (nSPS) is 10.6. The molecule has 0 aliphatic heterocycles. The number of hydrogen-bond donors (Lipinski definition) is 2. The molecule has 3 nitrogen and oxygen atoms in total. The molecule has 2 aromatic rings. The summed E-state index contributed by atoms with van der Waals surface area (Å²) in [6, 6.07) is 3.14. The zero-order valence-corrected chi connectivity index (χ0v) is 9.79. The van der Waals surface area contributed by atoms with Crippen LogP contribution in [0.15, 0.2) is 17.5 Å². The highest BCUT2D eigenvalue weighted by Gasteiger charge is 2.17. The monoisotopic (exact) mass is 320 g/mol. The predicted molar refractivity (Wildman–Crippen MR) is 63.2 cm³/mol. The molecule has 0 saturated heterocycles. The van der Waals surface area contributed by atoms with Crippen LogP contribution in [-0.4, -0.2) is 16.2 Å². The van der Waals surface area contributed by atoms with Crippen molar-refractivity contribution in [3.8, 4) is 5.75 Å². The molecule has 0 aliphatic rings. The molecule has 0 amide bonds. The van der Waals surface area contributed by atoms with E-state index in [-0.39, 0.29) is 11.3 Å². The van der Waals surface area contributed by atoms with E-state index < -0.39 is 5.97 Å². The zero-order chi connectivity index (χ0) is 10.3. The van der Waals surface area contributed by atoms with Gasteiger partial charge in [0.25, 0.3) is 0 Å². The van der Waals surface area contributed by atoms with Crippen molar-refractivity contribution in [2.75, 3.05) is 0 Å². The highest BCUT2D eigenvalue weighted by atomic mass is 127. The van der Waals surface area contributed by atoms with Gasteiger partial charge in [-0.05, 0) is 34.7 Å². The molecule has 0 aliphatic carbocycles. The molecule has 0 bridgehead atoms.